The fourth-order valence-electron chi connectivity index (χ4n) is 3.45. The third-order valence-corrected chi connectivity index (χ3v) is 6.25. The van der Waals surface area contributed by atoms with Crippen molar-refractivity contribution in [2.24, 2.45) is 0 Å². The Hall–Kier alpha value is -3.32. The van der Waals surface area contributed by atoms with Crippen molar-refractivity contribution in [1.29, 1.82) is 0 Å². The lowest BCUT2D eigenvalue weighted by atomic mass is 10.0. The second-order valence-electron chi connectivity index (χ2n) is 7.67. The van der Waals surface area contributed by atoms with E-state index in [1.807, 2.05) is 38.1 Å². The third kappa shape index (κ3) is 4.72. The van der Waals surface area contributed by atoms with Gasteiger partial charge in [-0.2, -0.15) is 0 Å². The minimum atomic E-state index is -0.271. The van der Waals surface area contributed by atoms with E-state index in [4.69, 9.17) is 4.98 Å². The molecular weight excluding hydrogens is 410 g/mol. The van der Waals surface area contributed by atoms with Crippen molar-refractivity contribution >= 4 is 34.2 Å². The molecule has 2 aromatic carbocycles. The van der Waals surface area contributed by atoms with E-state index in [0.29, 0.717) is 5.13 Å². The van der Waals surface area contributed by atoms with Crippen LogP contribution in [0.5, 0.6) is 0 Å². The molecule has 4 rings (SSSR count). The van der Waals surface area contributed by atoms with Crippen LogP contribution in [0, 0.1) is 13.8 Å². The van der Waals surface area contributed by atoms with Crippen LogP contribution in [-0.2, 0) is 14.4 Å². The first kappa shape index (κ1) is 20.9. The molecule has 2 heterocycles. The molecule has 1 fully saturated rings. The molecule has 0 saturated carbocycles. The summed E-state index contributed by atoms with van der Waals surface area (Å²) in [6.07, 6.45) is 0.510. The molecule has 0 spiro atoms. The van der Waals surface area contributed by atoms with Gasteiger partial charge in [-0.25, -0.2) is 4.98 Å². The smallest absolute Gasteiger partial charge is 0.229 e. The maximum absolute atomic E-state index is 12.5. The Bertz CT molecular complexity index is 1050. The fraction of sp³-hybridized carbons (Fsp3) is 0.250. The third-order valence-electron chi connectivity index (χ3n) is 5.23. The summed E-state index contributed by atoms with van der Waals surface area (Å²) >= 11 is 1.41. The molecule has 0 unspecified atom stereocenters. The normalized spacial score (nSPS) is 13.7. The number of hydrogen-bond acceptors (Lipinski definition) is 5. The van der Waals surface area contributed by atoms with Crippen LogP contribution in [0.3, 0.4) is 0 Å². The molecule has 1 aliphatic heterocycles. The number of anilines is 1. The molecule has 1 aliphatic rings. The molecular formula is C24H23N3O3S. The number of aryl methyl sites for hydroxylation is 2. The van der Waals surface area contributed by atoms with Gasteiger partial charge in [0.25, 0.3) is 0 Å². The lowest BCUT2D eigenvalue weighted by Gasteiger charge is -2.12. The zero-order valence-corrected chi connectivity index (χ0v) is 18.3. The van der Waals surface area contributed by atoms with Crippen LogP contribution in [0.15, 0.2) is 48.5 Å². The van der Waals surface area contributed by atoms with Crippen molar-refractivity contribution in [2.75, 3.05) is 11.9 Å². The maximum atomic E-state index is 12.5. The zero-order chi connectivity index (χ0) is 22.0. The highest BCUT2D eigenvalue weighted by Gasteiger charge is 2.29. The van der Waals surface area contributed by atoms with E-state index in [-0.39, 0.29) is 43.5 Å². The Morgan fingerprint density at radius 2 is 1.48 bits per heavy atom. The van der Waals surface area contributed by atoms with Crippen LogP contribution in [0.25, 0.3) is 21.7 Å². The number of amides is 3. The number of benzene rings is 2. The average molecular weight is 434 g/mol. The van der Waals surface area contributed by atoms with Gasteiger partial charge >= 0.3 is 0 Å². The van der Waals surface area contributed by atoms with Crippen LogP contribution in [0.4, 0.5) is 5.13 Å². The standard InChI is InChI=1S/C24H23N3O3S/c1-15-3-7-17(8-4-15)22-23(18-9-5-16(2)6-10-18)31-24(26-22)25-19(28)13-14-27-20(29)11-12-21(27)30/h3-10H,11-14H2,1-2H3,(H,25,26,28). The molecule has 3 amide bonds. The topological polar surface area (TPSA) is 79.4 Å². The molecule has 0 atom stereocenters. The van der Waals surface area contributed by atoms with Crippen molar-refractivity contribution < 1.29 is 14.4 Å². The SMILES string of the molecule is Cc1ccc(-c2nc(NC(=O)CCN3C(=O)CCC3=O)sc2-c2ccc(C)cc2)cc1. The van der Waals surface area contributed by atoms with Gasteiger partial charge in [0.15, 0.2) is 5.13 Å². The minimum absolute atomic E-state index is 0.0524. The number of thiazole rings is 1. The van der Waals surface area contributed by atoms with Gasteiger partial charge in [-0.3, -0.25) is 19.3 Å². The number of carbonyl (C=O) groups is 3. The van der Waals surface area contributed by atoms with E-state index >= 15 is 0 Å². The quantitative estimate of drug-likeness (QED) is 0.578. The van der Waals surface area contributed by atoms with Crippen molar-refractivity contribution in [3.8, 4) is 21.7 Å². The molecule has 1 aromatic heterocycles. The van der Waals surface area contributed by atoms with E-state index in [1.165, 1.54) is 16.9 Å². The van der Waals surface area contributed by atoms with Crippen LogP contribution >= 0.6 is 11.3 Å². The van der Waals surface area contributed by atoms with E-state index in [1.54, 1.807) is 0 Å². The Labute approximate surface area is 184 Å². The Kier molecular flexibility index (Phi) is 5.95. The summed E-state index contributed by atoms with van der Waals surface area (Å²) < 4.78 is 0. The monoisotopic (exact) mass is 433 g/mol. The highest BCUT2D eigenvalue weighted by Crippen LogP contribution is 2.39. The van der Waals surface area contributed by atoms with Gasteiger partial charge in [0, 0.05) is 31.4 Å². The van der Waals surface area contributed by atoms with Gasteiger partial charge in [0.1, 0.15) is 0 Å². The zero-order valence-electron chi connectivity index (χ0n) is 17.5. The number of hydrogen-bond donors (Lipinski definition) is 1. The predicted octanol–water partition coefficient (Wildman–Crippen LogP) is 4.57. The summed E-state index contributed by atoms with van der Waals surface area (Å²) in [7, 11) is 0. The van der Waals surface area contributed by atoms with Crippen LogP contribution < -0.4 is 5.32 Å². The van der Waals surface area contributed by atoms with Gasteiger partial charge in [-0.15, -0.1) is 0 Å². The number of carbonyl (C=O) groups excluding carboxylic acids is 3. The Morgan fingerprint density at radius 3 is 2.06 bits per heavy atom. The Balaban J connectivity index is 1.56. The first-order valence-electron chi connectivity index (χ1n) is 10.2. The number of aromatic nitrogens is 1. The van der Waals surface area contributed by atoms with Crippen molar-refractivity contribution in [1.82, 2.24) is 9.88 Å². The molecule has 0 radical (unpaired) electrons. The lowest BCUT2D eigenvalue weighted by molar-refractivity contribution is -0.138. The minimum Gasteiger partial charge on any atom is -0.302 e. The molecule has 6 nitrogen and oxygen atoms in total. The first-order valence-corrected chi connectivity index (χ1v) is 11.0. The van der Waals surface area contributed by atoms with E-state index in [9.17, 15) is 14.4 Å². The molecule has 158 valence electrons. The highest BCUT2D eigenvalue weighted by atomic mass is 32.1. The Morgan fingerprint density at radius 1 is 0.935 bits per heavy atom. The number of imide groups is 1. The summed E-state index contributed by atoms with van der Waals surface area (Å²) in [5, 5.41) is 3.33. The average Bonchev–Trinajstić information content (AvgIpc) is 3.30. The summed E-state index contributed by atoms with van der Waals surface area (Å²) in [6, 6.07) is 16.3. The summed E-state index contributed by atoms with van der Waals surface area (Å²) in [4.78, 5) is 42.8. The van der Waals surface area contributed by atoms with E-state index in [0.717, 1.165) is 32.2 Å². The number of rotatable bonds is 6. The highest BCUT2D eigenvalue weighted by molar-refractivity contribution is 7.19. The van der Waals surface area contributed by atoms with Gasteiger partial charge in [-0.1, -0.05) is 71.0 Å². The largest absolute Gasteiger partial charge is 0.302 e. The molecule has 0 bridgehead atoms. The van der Waals surface area contributed by atoms with Crippen molar-refractivity contribution in [3.05, 3.63) is 59.7 Å². The molecule has 7 heteroatoms. The molecule has 31 heavy (non-hydrogen) atoms. The van der Waals surface area contributed by atoms with Crippen LogP contribution in [0.1, 0.15) is 30.4 Å². The molecule has 0 aliphatic carbocycles. The van der Waals surface area contributed by atoms with Gasteiger partial charge in [0.05, 0.1) is 10.6 Å². The number of nitrogens with zero attached hydrogens (tertiary/aromatic N) is 2. The summed E-state index contributed by atoms with van der Waals surface area (Å²) in [5.41, 5.74) is 5.16. The molecule has 3 aromatic rings. The molecule has 1 saturated heterocycles. The second-order valence-corrected chi connectivity index (χ2v) is 8.67. The first-order chi connectivity index (χ1) is 14.9. The molecule has 1 N–H and O–H groups in total. The lowest BCUT2D eigenvalue weighted by Crippen LogP contribution is -2.32. The van der Waals surface area contributed by atoms with Crippen molar-refractivity contribution in [2.45, 2.75) is 33.1 Å². The van der Waals surface area contributed by atoms with Crippen LogP contribution in [-0.4, -0.2) is 34.2 Å². The summed E-state index contributed by atoms with van der Waals surface area (Å²) in [5.74, 6) is -0.696. The van der Waals surface area contributed by atoms with Gasteiger partial charge < -0.3 is 5.32 Å². The van der Waals surface area contributed by atoms with Gasteiger partial charge in [-0.05, 0) is 19.4 Å². The number of likely N-dealkylation sites (tertiary alicyclic amines) is 1. The summed E-state index contributed by atoms with van der Waals surface area (Å²) in [6.45, 7) is 4.18. The second kappa shape index (κ2) is 8.81. The fourth-order valence-corrected chi connectivity index (χ4v) is 4.46. The maximum Gasteiger partial charge on any atom is 0.229 e. The van der Waals surface area contributed by atoms with Crippen LogP contribution in [0.2, 0.25) is 0 Å². The van der Waals surface area contributed by atoms with E-state index < -0.39 is 0 Å². The van der Waals surface area contributed by atoms with E-state index in [2.05, 4.69) is 29.6 Å². The number of nitrogens with one attached hydrogen (secondary N) is 1. The van der Waals surface area contributed by atoms with Gasteiger partial charge in [0.2, 0.25) is 17.7 Å². The van der Waals surface area contributed by atoms with Crippen molar-refractivity contribution in [3.63, 3.8) is 0 Å². The predicted molar refractivity (Wildman–Crippen MR) is 122 cm³/mol.